The summed E-state index contributed by atoms with van der Waals surface area (Å²) in [4.78, 5) is 13.7. The van der Waals surface area contributed by atoms with Gasteiger partial charge >= 0.3 is 0 Å². The molecular weight excluding hydrogens is 216 g/mol. The van der Waals surface area contributed by atoms with E-state index >= 15 is 0 Å². The lowest BCUT2D eigenvalue weighted by molar-refractivity contribution is -0.128. The number of hydrogen-bond donors (Lipinski definition) is 1. The number of benzene rings is 1. The highest BCUT2D eigenvalue weighted by Gasteiger charge is 2.24. The van der Waals surface area contributed by atoms with Crippen LogP contribution in [0.3, 0.4) is 0 Å². The summed E-state index contributed by atoms with van der Waals surface area (Å²) in [5.74, 6) is 0.975. The minimum atomic E-state index is -0.0501. The fraction of sp³-hybridized carbons (Fsp3) is 0.462. The van der Waals surface area contributed by atoms with Crippen molar-refractivity contribution in [2.24, 2.45) is 0 Å². The number of nitrogens with one attached hydrogen (secondary N) is 1. The van der Waals surface area contributed by atoms with Gasteiger partial charge in [0.15, 0.2) is 0 Å². The van der Waals surface area contributed by atoms with E-state index in [9.17, 15) is 4.79 Å². The molecule has 1 heterocycles. The molecule has 1 amide bonds. The Bertz CT molecular complexity index is 389. The number of amides is 1. The molecule has 0 spiro atoms. The monoisotopic (exact) mass is 234 g/mol. The molecule has 1 unspecified atom stereocenters. The van der Waals surface area contributed by atoms with Gasteiger partial charge in [-0.3, -0.25) is 9.69 Å². The van der Waals surface area contributed by atoms with Crippen LogP contribution >= 0.6 is 0 Å². The Morgan fingerprint density at radius 3 is 2.76 bits per heavy atom. The van der Waals surface area contributed by atoms with E-state index in [0.717, 1.165) is 25.4 Å². The lowest BCUT2D eigenvalue weighted by Crippen LogP contribution is -2.53. The Balaban J connectivity index is 2.01. The third-order valence-electron chi connectivity index (χ3n) is 3.17. The van der Waals surface area contributed by atoms with Gasteiger partial charge in [0.2, 0.25) is 5.91 Å². The summed E-state index contributed by atoms with van der Waals surface area (Å²) in [7, 11) is 1.66. The zero-order valence-electron chi connectivity index (χ0n) is 10.3. The predicted octanol–water partition coefficient (Wildman–Crippen LogP) is 1.02. The molecule has 1 saturated heterocycles. The molecular formula is C13H18N2O2. The van der Waals surface area contributed by atoms with Gasteiger partial charge in [-0.05, 0) is 24.6 Å². The second-order valence-corrected chi connectivity index (χ2v) is 4.29. The van der Waals surface area contributed by atoms with Crippen LogP contribution in [0.4, 0.5) is 0 Å². The van der Waals surface area contributed by atoms with Crippen LogP contribution in [0.25, 0.3) is 0 Å². The van der Waals surface area contributed by atoms with Crippen molar-refractivity contribution in [1.29, 1.82) is 0 Å². The summed E-state index contributed by atoms with van der Waals surface area (Å²) in [6.45, 7) is 4.38. The molecule has 0 aromatic heterocycles. The molecule has 1 aliphatic heterocycles. The van der Waals surface area contributed by atoms with Crippen molar-refractivity contribution >= 4 is 5.91 Å². The molecule has 1 aliphatic rings. The van der Waals surface area contributed by atoms with Crippen LogP contribution < -0.4 is 10.1 Å². The molecule has 1 atom stereocenters. The molecule has 1 aromatic rings. The van der Waals surface area contributed by atoms with Crippen LogP contribution in [0, 0.1) is 0 Å². The van der Waals surface area contributed by atoms with Gasteiger partial charge in [0, 0.05) is 19.6 Å². The molecule has 92 valence electrons. The first kappa shape index (κ1) is 11.9. The molecule has 1 N–H and O–H groups in total. The first-order valence-corrected chi connectivity index (χ1v) is 5.85. The highest BCUT2D eigenvalue weighted by atomic mass is 16.5. The van der Waals surface area contributed by atoms with Crippen molar-refractivity contribution in [3.05, 3.63) is 29.8 Å². The first-order chi connectivity index (χ1) is 8.20. The Labute approximate surface area is 102 Å². The Morgan fingerprint density at radius 2 is 2.12 bits per heavy atom. The summed E-state index contributed by atoms with van der Waals surface area (Å²) < 4.78 is 5.12. The fourth-order valence-corrected chi connectivity index (χ4v) is 2.01. The van der Waals surface area contributed by atoms with E-state index in [4.69, 9.17) is 4.74 Å². The molecule has 4 heteroatoms. The second-order valence-electron chi connectivity index (χ2n) is 4.29. The van der Waals surface area contributed by atoms with Gasteiger partial charge < -0.3 is 10.1 Å². The zero-order valence-corrected chi connectivity index (χ0v) is 10.3. The molecule has 0 aliphatic carbocycles. The maximum absolute atomic E-state index is 11.5. The van der Waals surface area contributed by atoms with Crippen molar-refractivity contribution in [1.82, 2.24) is 10.2 Å². The number of ether oxygens (including phenoxy) is 1. The number of carbonyl (C=O) groups excluding carboxylic acids is 1. The van der Waals surface area contributed by atoms with Crippen LogP contribution in [-0.4, -0.2) is 37.0 Å². The zero-order chi connectivity index (χ0) is 12.3. The van der Waals surface area contributed by atoms with Crippen molar-refractivity contribution in [3.8, 4) is 5.75 Å². The van der Waals surface area contributed by atoms with Crippen molar-refractivity contribution in [3.63, 3.8) is 0 Å². The fourth-order valence-electron chi connectivity index (χ4n) is 2.01. The van der Waals surface area contributed by atoms with Gasteiger partial charge in [0.05, 0.1) is 13.2 Å². The topological polar surface area (TPSA) is 41.6 Å². The minimum Gasteiger partial charge on any atom is -0.497 e. The predicted molar refractivity (Wildman–Crippen MR) is 65.9 cm³/mol. The molecule has 1 aromatic carbocycles. The highest BCUT2D eigenvalue weighted by Crippen LogP contribution is 2.15. The number of nitrogens with zero attached hydrogens (tertiary/aromatic N) is 1. The summed E-state index contributed by atoms with van der Waals surface area (Å²) in [5.41, 5.74) is 1.20. The van der Waals surface area contributed by atoms with Crippen LogP contribution in [0.1, 0.15) is 12.5 Å². The van der Waals surface area contributed by atoms with Gasteiger partial charge in [0.1, 0.15) is 5.75 Å². The average Bonchev–Trinajstić information content (AvgIpc) is 2.36. The Hall–Kier alpha value is -1.55. The van der Waals surface area contributed by atoms with E-state index in [2.05, 4.69) is 10.2 Å². The SMILES string of the molecule is COc1ccc(CN2CCNC(=O)C2C)cc1. The number of piperazine rings is 1. The molecule has 2 rings (SSSR count). The summed E-state index contributed by atoms with van der Waals surface area (Å²) in [5, 5.41) is 2.87. The smallest absolute Gasteiger partial charge is 0.237 e. The van der Waals surface area contributed by atoms with Crippen LogP contribution in [-0.2, 0) is 11.3 Å². The van der Waals surface area contributed by atoms with E-state index < -0.39 is 0 Å². The third kappa shape index (κ3) is 2.77. The van der Waals surface area contributed by atoms with Gasteiger partial charge in [-0.25, -0.2) is 0 Å². The summed E-state index contributed by atoms with van der Waals surface area (Å²) in [6, 6.07) is 7.93. The first-order valence-electron chi connectivity index (χ1n) is 5.85. The van der Waals surface area contributed by atoms with E-state index in [1.807, 2.05) is 31.2 Å². The molecule has 1 fully saturated rings. The van der Waals surface area contributed by atoms with Crippen LogP contribution in [0.5, 0.6) is 5.75 Å². The molecule has 0 bridgehead atoms. The molecule has 0 radical (unpaired) electrons. The van der Waals surface area contributed by atoms with Crippen molar-refractivity contribution in [2.75, 3.05) is 20.2 Å². The number of methoxy groups -OCH3 is 1. The molecule has 17 heavy (non-hydrogen) atoms. The molecule has 4 nitrogen and oxygen atoms in total. The number of hydrogen-bond acceptors (Lipinski definition) is 3. The van der Waals surface area contributed by atoms with Crippen LogP contribution in [0.2, 0.25) is 0 Å². The van der Waals surface area contributed by atoms with Gasteiger partial charge in [-0.2, -0.15) is 0 Å². The normalized spacial score (nSPS) is 21.1. The summed E-state index contributed by atoms with van der Waals surface area (Å²) >= 11 is 0. The standard InChI is InChI=1S/C13H18N2O2/c1-10-13(16)14-7-8-15(10)9-11-3-5-12(17-2)6-4-11/h3-6,10H,7-9H2,1-2H3,(H,14,16). The Kier molecular flexibility index (Phi) is 3.64. The lowest BCUT2D eigenvalue weighted by atomic mass is 10.1. The van der Waals surface area contributed by atoms with E-state index in [-0.39, 0.29) is 11.9 Å². The van der Waals surface area contributed by atoms with Crippen LogP contribution in [0.15, 0.2) is 24.3 Å². The quantitative estimate of drug-likeness (QED) is 0.849. The number of carbonyl (C=O) groups is 1. The lowest BCUT2D eigenvalue weighted by Gasteiger charge is -2.32. The maximum Gasteiger partial charge on any atom is 0.237 e. The van der Waals surface area contributed by atoms with Gasteiger partial charge in [-0.15, -0.1) is 0 Å². The van der Waals surface area contributed by atoms with E-state index in [1.54, 1.807) is 7.11 Å². The maximum atomic E-state index is 11.5. The Morgan fingerprint density at radius 1 is 1.41 bits per heavy atom. The van der Waals surface area contributed by atoms with Gasteiger partial charge in [0.25, 0.3) is 0 Å². The minimum absolute atomic E-state index is 0.0501. The summed E-state index contributed by atoms with van der Waals surface area (Å²) in [6.07, 6.45) is 0. The van der Waals surface area contributed by atoms with Crippen molar-refractivity contribution in [2.45, 2.75) is 19.5 Å². The average molecular weight is 234 g/mol. The van der Waals surface area contributed by atoms with E-state index in [1.165, 1.54) is 5.56 Å². The second kappa shape index (κ2) is 5.19. The molecule has 0 saturated carbocycles. The third-order valence-corrected chi connectivity index (χ3v) is 3.17. The van der Waals surface area contributed by atoms with E-state index in [0.29, 0.717) is 0 Å². The number of rotatable bonds is 3. The largest absolute Gasteiger partial charge is 0.497 e. The van der Waals surface area contributed by atoms with Gasteiger partial charge in [-0.1, -0.05) is 12.1 Å². The van der Waals surface area contributed by atoms with Crippen molar-refractivity contribution < 1.29 is 9.53 Å². The highest BCUT2D eigenvalue weighted by molar-refractivity contribution is 5.81.